The maximum Gasteiger partial charge on any atom is 0.243 e. The minimum Gasteiger partial charge on any atom is -0.326 e. The van der Waals surface area contributed by atoms with Gasteiger partial charge in [-0.05, 0) is 31.9 Å². The maximum absolute atomic E-state index is 13.2. The van der Waals surface area contributed by atoms with Gasteiger partial charge in [-0.3, -0.25) is 4.98 Å². The van der Waals surface area contributed by atoms with Crippen LogP contribution in [0, 0.1) is 0 Å². The van der Waals surface area contributed by atoms with Crippen LogP contribution in [0.5, 0.6) is 0 Å². The molecule has 1 aromatic heterocycles. The molecule has 0 unspecified atom stereocenters. The molecule has 6 heteroatoms. The monoisotopic (exact) mass is 319 g/mol. The van der Waals surface area contributed by atoms with Crippen molar-refractivity contribution in [1.29, 1.82) is 0 Å². The average Bonchev–Trinajstić information content (AvgIpc) is 2.54. The van der Waals surface area contributed by atoms with Crippen LogP contribution in [0.4, 0.5) is 0 Å². The number of fused-ring (bicyclic) bond motifs is 1. The molecule has 1 aliphatic rings. The smallest absolute Gasteiger partial charge is 0.243 e. The van der Waals surface area contributed by atoms with E-state index < -0.39 is 10.0 Å². The summed E-state index contributed by atoms with van der Waals surface area (Å²) in [6.45, 7) is 2.42. The fourth-order valence-corrected chi connectivity index (χ4v) is 5.19. The van der Waals surface area contributed by atoms with Gasteiger partial charge in [-0.25, -0.2) is 8.42 Å². The third-order valence-corrected chi connectivity index (χ3v) is 6.32. The van der Waals surface area contributed by atoms with Gasteiger partial charge in [-0.15, -0.1) is 0 Å². The summed E-state index contributed by atoms with van der Waals surface area (Å²) < 4.78 is 27.9. The number of benzene rings is 1. The lowest BCUT2D eigenvalue weighted by Gasteiger charge is -2.37. The molecule has 2 atom stereocenters. The Morgan fingerprint density at radius 1 is 1.32 bits per heavy atom. The van der Waals surface area contributed by atoms with Crippen LogP contribution in [0.15, 0.2) is 41.6 Å². The lowest BCUT2D eigenvalue weighted by Crippen LogP contribution is -2.51. The van der Waals surface area contributed by atoms with E-state index in [1.807, 2.05) is 13.0 Å². The fraction of sp³-hybridized carbons (Fsp3) is 0.438. The van der Waals surface area contributed by atoms with Crippen LogP contribution in [0.1, 0.15) is 26.2 Å². The number of aromatic nitrogens is 1. The van der Waals surface area contributed by atoms with Gasteiger partial charge in [0.15, 0.2) is 0 Å². The second kappa shape index (κ2) is 5.95. The molecule has 0 aliphatic carbocycles. The summed E-state index contributed by atoms with van der Waals surface area (Å²) in [5, 5.41) is 1.55. The van der Waals surface area contributed by atoms with Crippen molar-refractivity contribution in [2.45, 2.75) is 43.2 Å². The number of piperidine rings is 1. The maximum atomic E-state index is 13.2. The molecule has 5 nitrogen and oxygen atoms in total. The van der Waals surface area contributed by atoms with E-state index in [0.29, 0.717) is 16.8 Å². The van der Waals surface area contributed by atoms with Crippen molar-refractivity contribution in [3.63, 3.8) is 0 Å². The van der Waals surface area contributed by atoms with Crippen molar-refractivity contribution in [1.82, 2.24) is 9.29 Å². The van der Waals surface area contributed by atoms with Gasteiger partial charge in [-0.1, -0.05) is 18.6 Å². The van der Waals surface area contributed by atoms with Crippen molar-refractivity contribution in [2.24, 2.45) is 5.73 Å². The molecule has 2 heterocycles. The third-order valence-electron chi connectivity index (χ3n) is 4.33. The molecular formula is C16H21N3O2S. The molecule has 0 amide bonds. The zero-order valence-electron chi connectivity index (χ0n) is 12.6. The highest BCUT2D eigenvalue weighted by atomic mass is 32.2. The van der Waals surface area contributed by atoms with Crippen molar-refractivity contribution in [3.8, 4) is 0 Å². The van der Waals surface area contributed by atoms with Gasteiger partial charge >= 0.3 is 0 Å². The number of hydrogen-bond acceptors (Lipinski definition) is 4. The van der Waals surface area contributed by atoms with Crippen LogP contribution in [0.2, 0.25) is 0 Å². The fourth-order valence-electron chi connectivity index (χ4n) is 3.20. The molecule has 2 aromatic rings. The zero-order chi connectivity index (χ0) is 15.7. The molecule has 1 saturated heterocycles. The summed E-state index contributed by atoms with van der Waals surface area (Å²) >= 11 is 0. The number of rotatable bonds is 3. The van der Waals surface area contributed by atoms with E-state index in [9.17, 15) is 8.42 Å². The first-order valence-corrected chi connectivity index (χ1v) is 9.06. The largest absolute Gasteiger partial charge is 0.326 e. The SMILES string of the molecule is C[C@@H](N)[C@H]1CCCCN1S(=O)(=O)c1cccc2cnccc12. The van der Waals surface area contributed by atoms with Gasteiger partial charge in [0.25, 0.3) is 0 Å². The van der Waals surface area contributed by atoms with Crippen LogP contribution in [-0.4, -0.2) is 36.3 Å². The third kappa shape index (κ3) is 2.62. The van der Waals surface area contributed by atoms with Gasteiger partial charge in [-0.2, -0.15) is 4.31 Å². The molecule has 2 N–H and O–H groups in total. The Morgan fingerprint density at radius 3 is 2.91 bits per heavy atom. The Kier molecular flexibility index (Phi) is 4.16. The van der Waals surface area contributed by atoms with E-state index in [1.54, 1.807) is 34.9 Å². The van der Waals surface area contributed by atoms with Crippen molar-refractivity contribution in [2.75, 3.05) is 6.54 Å². The molecule has 1 aliphatic heterocycles. The molecule has 0 radical (unpaired) electrons. The molecule has 0 spiro atoms. The summed E-state index contributed by atoms with van der Waals surface area (Å²) in [5.41, 5.74) is 6.03. The predicted octanol–water partition coefficient (Wildman–Crippen LogP) is 2.13. The zero-order valence-corrected chi connectivity index (χ0v) is 13.5. The topological polar surface area (TPSA) is 76.3 Å². The predicted molar refractivity (Wildman–Crippen MR) is 86.9 cm³/mol. The highest BCUT2D eigenvalue weighted by Crippen LogP contribution is 2.30. The van der Waals surface area contributed by atoms with Crippen LogP contribution in [0.25, 0.3) is 10.8 Å². The van der Waals surface area contributed by atoms with Crippen LogP contribution < -0.4 is 5.73 Å². The molecule has 22 heavy (non-hydrogen) atoms. The van der Waals surface area contributed by atoms with E-state index in [1.165, 1.54) is 0 Å². The van der Waals surface area contributed by atoms with Gasteiger partial charge in [0.2, 0.25) is 10.0 Å². The van der Waals surface area contributed by atoms with E-state index in [-0.39, 0.29) is 12.1 Å². The van der Waals surface area contributed by atoms with E-state index in [0.717, 1.165) is 24.6 Å². The number of nitrogens with two attached hydrogens (primary N) is 1. The second-order valence-corrected chi connectivity index (χ2v) is 7.75. The highest BCUT2D eigenvalue weighted by molar-refractivity contribution is 7.89. The summed E-state index contributed by atoms with van der Waals surface area (Å²) in [5.74, 6) is 0. The Labute approximate surface area is 131 Å². The van der Waals surface area contributed by atoms with E-state index in [2.05, 4.69) is 4.98 Å². The Morgan fingerprint density at radius 2 is 2.14 bits per heavy atom. The van der Waals surface area contributed by atoms with Crippen molar-refractivity contribution < 1.29 is 8.42 Å². The van der Waals surface area contributed by atoms with Crippen LogP contribution in [-0.2, 0) is 10.0 Å². The summed E-state index contributed by atoms with van der Waals surface area (Å²) in [7, 11) is -3.56. The summed E-state index contributed by atoms with van der Waals surface area (Å²) in [6, 6.07) is 6.77. The van der Waals surface area contributed by atoms with E-state index in [4.69, 9.17) is 5.73 Å². The first-order chi connectivity index (χ1) is 10.5. The first-order valence-electron chi connectivity index (χ1n) is 7.62. The first kappa shape index (κ1) is 15.4. The van der Waals surface area contributed by atoms with Crippen LogP contribution >= 0.6 is 0 Å². The Hall–Kier alpha value is -1.50. The van der Waals surface area contributed by atoms with Crippen LogP contribution in [0.3, 0.4) is 0 Å². The summed E-state index contributed by atoms with van der Waals surface area (Å²) in [6.07, 6.45) is 6.05. The Balaban J connectivity index is 2.11. The minimum absolute atomic E-state index is 0.129. The quantitative estimate of drug-likeness (QED) is 0.940. The molecular weight excluding hydrogens is 298 g/mol. The van der Waals surface area contributed by atoms with Gasteiger partial charge in [0.1, 0.15) is 0 Å². The second-order valence-electron chi connectivity index (χ2n) is 5.89. The lowest BCUT2D eigenvalue weighted by atomic mass is 10.00. The number of pyridine rings is 1. The van der Waals surface area contributed by atoms with Gasteiger partial charge < -0.3 is 5.73 Å². The molecule has 118 valence electrons. The van der Waals surface area contributed by atoms with Crippen molar-refractivity contribution in [3.05, 3.63) is 36.7 Å². The highest BCUT2D eigenvalue weighted by Gasteiger charge is 2.35. The van der Waals surface area contributed by atoms with Gasteiger partial charge in [0, 0.05) is 41.8 Å². The van der Waals surface area contributed by atoms with Gasteiger partial charge in [0.05, 0.1) is 4.90 Å². The molecule has 0 saturated carbocycles. The normalized spacial score (nSPS) is 21.8. The molecule has 0 bridgehead atoms. The molecule has 3 rings (SSSR count). The summed E-state index contributed by atoms with van der Waals surface area (Å²) in [4.78, 5) is 4.41. The van der Waals surface area contributed by atoms with Crippen molar-refractivity contribution >= 4 is 20.8 Å². The number of sulfonamides is 1. The number of hydrogen-bond donors (Lipinski definition) is 1. The number of nitrogens with zero attached hydrogens (tertiary/aromatic N) is 2. The standard InChI is InChI=1S/C16H21N3O2S/c1-12(17)15-6-2-3-10-19(15)22(20,21)16-7-4-5-13-11-18-9-8-14(13)16/h4-5,7-9,11-12,15H,2-3,6,10,17H2,1H3/t12-,15-/m1/s1. The molecule has 1 aromatic carbocycles. The average molecular weight is 319 g/mol. The minimum atomic E-state index is -3.56. The van der Waals surface area contributed by atoms with E-state index >= 15 is 0 Å². The lowest BCUT2D eigenvalue weighted by molar-refractivity contribution is 0.227. The Bertz CT molecular complexity index is 769. The molecule has 1 fully saturated rings.